The number of amides is 1. The molecule has 1 N–H and O–H groups in total. The Balaban J connectivity index is 1.81. The fourth-order valence-electron chi connectivity index (χ4n) is 2.58. The molecule has 0 fully saturated rings. The van der Waals surface area contributed by atoms with Crippen molar-refractivity contribution in [1.82, 2.24) is 0 Å². The van der Waals surface area contributed by atoms with Crippen LogP contribution in [0.15, 0.2) is 42.5 Å². The summed E-state index contributed by atoms with van der Waals surface area (Å²) in [6.07, 6.45) is 0.970. The van der Waals surface area contributed by atoms with Crippen LogP contribution in [-0.2, 0) is 14.3 Å². The van der Waals surface area contributed by atoms with E-state index in [1.807, 2.05) is 50.2 Å². The van der Waals surface area contributed by atoms with Crippen molar-refractivity contribution in [2.45, 2.75) is 40.0 Å². The molecule has 1 atom stereocenters. The summed E-state index contributed by atoms with van der Waals surface area (Å²) < 4.78 is 10.4. The molecule has 0 aliphatic rings. The van der Waals surface area contributed by atoms with Crippen LogP contribution in [0.25, 0.3) is 0 Å². The lowest BCUT2D eigenvalue weighted by atomic mass is 9.97. The number of aryl methyl sites for hydroxylation is 2. The van der Waals surface area contributed by atoms with Crippen molar-refractivity contribution in [3.63, 3.8) is 0 Å². The fourth-order valence-corrected chi connectivity index (χ4v) is 2.58. The predicted molar refractivity (Wildman–Crippen MR) is 106 cm³/mol. The van der Waals surface area contributed by atoms with Crippen LogP contribution in [0.1, 0.15) is 42.9 Å². The summed E-state index contributed by atoms with van der Waals surface area (Å²) in [5.74, 6) is -0.0266. The highest BCUT2D eigenvalue weighted by Crippen LogP contribution is 2.26. The van der Waals surface area contributed by atoms with Gasteiger partial charge in [-0.3, -0.25) is 4.79 Å². The number of esters is 1. The van der Waals surface area contributed by atoms with Gasteiger partial charge in [-0.05, 0) is 61.1 Å². The van der Waals surface area contributed by atoms with Crippen LogP contribution in [-0.4, -0.2) is 25.1 Å². The lowest BCUT2D eigenvalue weighted by molar-refractivity contribution is -0.149. The third-order valence-electron chi connectivity index (χ3n) is 4.58. The topological polar surface area (TPSA) is 64.6 Å². The van der Waals surface area contributed by atoms with Crippen molar-refractivity contribution < 1.29 is 19.1 Å². The first-order valence-corrected chi connectivity index (χ1v) is 9.15. The van der Waals surface area contributed by atoms with Crippen LogP contribution in [0.3, 0.4) is 0 Å². The van der Waals surface area contributed by atoms with E-state index in [0.717, 1.165) is 28.8 Å². The van der Waals surface area contributed by atoms with E-state index in [9.17, 15) is 9.59 Å². The number of ether oxygens (including phenoxy) is 2. The number of para-hydroxylation sites is 1. The molecule has 2 aromatic rings. The van der Waals surface area contributed by atoms with Gasteiger partial charge in [0.2, 0.25) is 0 Å². The molecule has 5 nitrogen and oxygen atoms in total. The molecule has 2 rings (SSSR count). The van der Waals surface area contributed by atoms with Gasteiger partial charge in [0.05, 0.1) is 0 Å². The Kier molecular flexibility index (Phi) is 7.41. The molecule has 5 heteroatoms. The van der Waals surface area contributed by atoms with Crippen LogP contribution >= 0.6 is 0 Å². The number of hydrogen-bond acceptors (Lipinski definition) is 4. The summed E-state index contributed by atoms with van der Waals surface area (Å²) in [4.78, 5) is 23.9. The second-order valence-electron chi connectivity index (χ2n) is 6.64. The first kappa shape index (κ1) is 20.5. The molecule has 0 aromatic heterocycles. The Hall–Kier alpha value is -2.82. The molecule has 0 heterocycles. The van der Waals surface area contributed by atoms with Crippen molar-refractivity contribution in [3.8, 4) is 5.75 Å². The monoisotopic (exact) mass is 369 g/mol. The van der Waals surface area contributed by atoms with Crippen LogP contribution in [0.5, 0.6) is 5.75 Å². The molecule has 0 spiro atoms. The van der Waals surface area contributed by atoms with E-state index in [1.165, 1.54) is 0 Å². The molecule has 2 aromatic carbocycles. The summed E-state index contributed by atoms with van der Waals surface area (Å²) in [5.41, 5.74) is 4.05. The molecule has 0 radical (unpaired) electrons. The first-order valence-electron chi connectivity index (χ1n) is 9.15. The van der Waals surface area contributed by atoms with Gasteiger partial charge < -0.3 is 14.8 Å². The normalized spacial score (nSPS) is 11.6. The van der Waals surface area contributed by atoms with Crippen LogP contribution < -0.4 is 10.1 Å². The number of benzene rings is 2. The van der Waals surface area contributed by atoms with Crippen molar-refractivity contribution in [1.29, 1.82) is 0 Å². The van der Waals surface area contributed by atoms with Gasteiger partial charge in [-0.2, -0.15) is 0 Å². The van der Waals surface area contributed by atoms with Crippen molar-refractivity contribution >= 4 is 17.6 Å². The zero-order valence-electron chi connectivity index (χ0n) is 16.4. The minimum Gasteiger partial charge on any atom is -0.482 e. The maximum atomic E-state index is 12.1. The molecule has 0 aliphatic carbocycles. The zero-order valence-corrected chi connectivity index (χ0v) is 16.4. The lowest BCUT2D eigenvalue weighted by Crippen LogP contribution is -2.24. The van der Waals surface area contributed by atoms with Crippen molar-refractivity contribution in [2.75, 3.05) is 18.5 Å². The molecular weight excluding hydrogens is 342 g/mol. The Morgan fingerprint density at radius 2 is 1.78 bits per heavy atom. The summed E-state index contributed by atoms with van der Waals surface area (Å²) >= 11 is 0. The Morgan fingerprint density at radius 1 is 1.04 bits per heavy atom. The maximum absolute atomic E-state index is 12.1. The van der Waals surface area contributed by atoms with Gasteiger partial charge in [-0.15, -0.1) is 0 Å². The van der Waals surface area contributed by atoms with E-state index in [1.54, 1.807) is 6.07 Å². The van der Waals surface area contributed by atoms with Crippen LogP contribution in [0, 0.1) is 13.8 Å². The molecule has 1 amide bonds. The number of anilines is 1. The van der Waals surface area contributed by atoms with E-state index < -0.39 is 5.97 Å². The average molecular weight is 369 g/mol. The summed E-state index contributed by atoms with van der Waals surface area (Å²) in [6, 6.07) is 13.2. The van der Waals surface area contributed by atoms with E-state index in [2.05, 4.69) is 19.2 Å². The van der Waals surface area contributed by atoms with E-state index >= 15 is 0 Å². The molecule has 0 saturated heterocycles. The molecule has 0 saturated carbocycles. The van der Waals surface area contributed by atoms with Gasteiger partial charge in [0.25, 0.3) is 5.91 Å². The molecule has 144 valence electrons. The maximum Gasteiger partial charge on any atom is 0.344 e. The number of carbonyl (C=O) groups excluding carboxylic acids is 2. The SMILES string of the molecule is CC[C@H](C)c1ccccc1NC(=O)COC(=O)COc1ccc(C)c(C)c1. The largest absolute Gasteiger partial charge is 0.482 e. The summed E-state index contributed by atoms with van der Waals surface area (Å²) in [5, 5.41) is 2.81. The Labute approximate surface area is 160 Å². The second-order valence-corrected chi connectivity index (χ2v) is 6.64. The number of rotatable bonds is 8. The van der Waals surface area contributed by atoms with E-state index in [-0.39, 0.29) is 19.1 Å². The minimum absolute atomic E-state index is 0.237. The Bertz CT molecular complexity index is 801. The highest BCUT2D eigenvalue weighted by Gasteiger charge is 2.13. The zero-order chi connectivity index (χ0) is 19.8. The van der Waals surface area contributed by atoms with Crippen molar-refractivity contribution in [2.24, 2.45) is 0 Å². The number of carbonyl (C=O) groups is 2. The number of hydrogen-bond donors (Lipinski definition) is 1. The fraction of sp³-hybridized carbons (Fsp3) is 0.364. The molecule has 0 bridgehead atoms. The van der Waals surface area contributed by atoms with E-state index in [4.69, 9.17) is 9.47 Å². The quantitative estimate of drug-likeness (QED) is 0.702. The molecule has 0 aliphatic heterocycles. The second kappa shape index (κ2) is 9.76. The summed E-state index contributed by atoms with van der Waals surface area (Å²) in [6.45, 7) is 7.60. The third-order valence-corrected chi connectivity index (χ3v) is 4.58. The standard InChI is InChI=1S/C22H27NO4/c1-5-15(2)19-8-6-7-9-20(19)23-21(24)13-27-22(25)14-26-18-11-10-16(3)17(4)12-18/h6-12,15H,5,13-14H2,1-4H3,(H,23,24)/t15-/m0/s1. The van der Waals surface area contributed by atoms with Crippen molar-refractivity contribution in [3.05, 3.63) is 59.2 Å². The number of nitrogens with one attached hydrogen (secondary N) is 1. The highest BCUT2D eigenvalue weighted by atomic mass is 16.6. The lowest BCUT2D eigenvalue weighted by Gasteiger charge is -2.15. The van der Waals surface area contributed by atoms with Gasteiger partial charge >= 0.3 is 5.97 Å². The molecular formula is C22H27NO4. The first-order chi connectivity index (χ1) is 12.9. The van der Waals surface area contributed by atoms with E-state index in [0.29, 0.717) is 11.7 Å². The van der Waals surface area contributed by atoms with Crippen LogP contribution in [0.2, 0.25) is 0 Å². The van der Waals surface area contributed by atoms with Crippen LogP contribution in [0.4, 0.5) is 5.69 Å². The smallest absolute Gasteiger partial charge is 0.344 e. The highest BCUT2D eigenvalue weighted by molar-refractivity contribution is 5.93. The van der Waals surface area contributed by atoms with Gasteiger partial charge in [-0.1, -0.05) is 38.1 Å². The predicted octanol–water partition coefficient (Wildman–Crippen LogP) is 4.38. The third kappa shape index (κ3) is 6.13. The van der Waals surface area contributed by atoms with Gasteiger partial charge in [0, 0.05) is 5.69 Å². The van der Waals surface area contributed by atoms with Gasteiger partial charge in [0.1, 0.15) is 5.75 Å². The molecule has 0 unspecified atom stereocenters. The molecule has 27 heavy (non-hydrogen) atoms. The summed E-state index contributed by atoms with van der Waals surface area (Å²) in [7, 11) is 0. The van der Waals surface area contributed by atoms with Gasteiger partial charge in [-0.25, -0.2) is 4.79 Å². The van der Waals surface area contributed by atoms with Gasteiger partial charge in [0.15, 0.2) is 13.2 Å². The minimum atomic E-state index is -0.585. The Morgan fingerprint density at radius 3 is 2.48 bits per heavy atom. The average Bonchev–Trinajstić information content (AvgIpc) is 2.67.